The van der Waals surface area contributed by atoms with Crippen LogP contribution in [0.2, 0.25) is 0 Å². The first-order valence-electron chi connectivity index (χ1n) is 8.76. The van der Waals surface area contributed by atoms with Gasteiger partial charge in [-0.2, -0.15) is 0 Å². The lowest BCUT2D eigenvalue weighted by Gasteiger charge is -2.07. The number of rotatable bonds is 7. The summed E-state index contributed by atoms with van der Waals surface area (Å²) in [7, 11) is 1.88. The van der Waals surface area contributed by atoms with Crippen molar-refractivity contribution in [3.8, 4) is 5.69 Å². The van der Waals surface area contributed by atoms with Gasteiger partial charge in [-0.1, -0.05) is 30.3 Å². The highest BCUT2D eigenvalue weighted by Gasteiger charge is 2.15. The molecular formula is C20H22N4O3. The molecule has 0 radical (unpaired) electrons. The molecule has 1 N–H and O–H groups in total. The Morgan fingerprint density at radius 3 is 2.37 bits per heavy atom. The lowest BCUT2D eigenvalue weighted by atomic mass is 10.1. The van der Waals surface area contributed by atoms with E-state index in [4.69, 9.17) is 0 Å². The van der Waals surface area contributed by atoms with Gasteiger partial charge in [0.2, 0.25) is 0 Å². The van der Waals surface area contributed by atoms with Gasteiger partial charge in [-0.05, 0) is 37.6 Å². The zero-order valence-electron chi connectivity index (χ0n) is 15.4. The number of para-hydroxylation sites is 1. The number of nitrogens with zero attached hydrogens (tertiary/aromatic N) is 3. The van der Waals surface area contributed by atoms with Gasteiger partial charge >= 0.3 is 0 Å². The third-order valence-electron chi connectivity index (χ3n) is 4.71. The van der Waals surface area contributed by atoms with Crippen molar-refractivity contribution >= 4 is 5.69 Å². The van der Waals surface area contributed by atoms with Gasteiger partial charge in [0.05, 0.1) is 16.2 Å². The highest BCUT2D eigenvalue weighted by molar-refractivity contribution is 5.34. The minimum Gasteiger partial charge on any atom is -0.312 e. The second-order valence-corrected chi connectivity index (χ2v) is 6.39. The van der Waals surface area contributed by atoms with Crippen molar-refractivity contribution in [3.63, 3.8) is 0 Å². The maximum absolute atomic E-state index is 12.8. The molecule has 1 heterocycles. The van der Waals surface area contributed by atoms with Crippen LogP contribution in [0.15, 0.2) is 59.4 Å². The summed E-state index contributed by atoms with van der Waals surface area (Å²) in [4.78, 5) is 23.1. The molecule has 0 amide bonds. The molecule has 0 saturated carbocycles. The standard InChI is InChI=1S/C20H22N4O3/c1-15-19(20(25)23(22(15)2)17-6-4-3-5-7-17)14-21-13-12-16-8-10-18(11-9-16)24(26)27/h3-11,21H,12-14H2,1-2H3. The van der Waals surface area contributed by atoms with Crippen LogP contribution < -0.4 is 10.9 Å². The summed E-state index contributed by atoms with van der Waals surface area (Å²) >= 11 is 0. The molecule has 7 nitrogen and oxygen atoms in total. The molecule has 0 aliphatic carbocycles. The van der Waals surface area contributed by atoms with Crippen LogP contribution in [0, 0.1) is 17.0 Å². The molecule has 1 aromatic heterocycles. The van der Waals surface area contributed by atoms with Gasteiger partial charge in [0.25, 0.3) is 11.2 Å². The second-order valence-electron chi connectivity index (χ2n) is 6.39. The molecule has 0 aliphatic heterocycles. The number of aromatic nitrogens is 2. The summed E-state index contributed by atoms with van der Waals surface area (Å²) in [5, 5.41) is 14.0. The molecule has 0 aliphatic rings. The van der Waals surface area contributed by atoms with Gasteiger partial charge in [0.1, 0.15) is 0 Å². The van der Waals surface area contributed by atoms with Crippen LogP contribution in [0.5, 0.6) is 0 Å². The Kier molecular flexibility index (Phi) is 5.52. The number of nitro benzene ring substituents is 1. The average molecular weight is 366 g/mol. The number of nitrogens with one attached hydrogen (secondary N) is 1. The maximum atomic E-state index is 12.8. The first-order chi connectivity index (χ1) is 13.0. The predicted octanol–water partition coefficient (Wildman–Crippen LogP) is 2.72. The van der Waals surface area contributed by atoms with Crippen LogP contribution in [0.1, 0.15) is 16.8 Å². The van der Waals surface area contributed by atoms with Crippen LogP contribution in [-0.4, -0.2) is 20.8 Å². The maximum Gasteiger partial charge on any atom is 0.276 e. The number of hydrogen-bond donors (Lipinski definition) is 1. The Balaban J connectivity index is 1.65. The molecule has 3 rings (SSSR count). The molecule has 0 saturated heterocycles. The zero-order chi connectivity index (χ0) is 19.4. The molecule has 0 fully saturated rings. The summed E-state index contributed by atoms with van der Waals surface area (Å²) in [5.41, 5.74) is 3.58. The number of hydrogen-bond acceptors (Lipinski definition) is 4. The van der Waals surface area contributed by atoms with Crippen molar-refractivity contribution in [1.82, 2.24) is 14.7 Å². The average Bonchev–Trinajstić information content (AvgIpc) is 2.89. The molecule has 2 aromatic carbocycles. The topological polar surface area (TPSA) is 82.1 Å². The van der Waals surface area contributed by atoms with E-state index in [1.54, 1.807) is 16.8 Å². The van der Waals surface area contributed by atoms with E-state index < -0.39 is 4.92 Å². The molecule has 0 bridgehead atoms. The van der Waals surface area contributed by atoms with E-state index in [1.807, 2.05) is 49.0 Å². The summed E-state index contributed by atoms with van der Waals surface area (Å²) < 4.78 is 3.54. The minimum absolute atomic E-state index is 0.0240. The molecule has 0 atom stereocenters. The lowest BCUT2D eigenvalue weighted by molar-refractivity contribution is -0.384. The smallest absolute Gasteiger partial charge is 0.276 e. The lowest BCUT2D eigenvalue weighted by Crippen LogP contribution is -2.24. The number of non-ortho nitro benzene ring substituents is 1. The van der Waals surface area contributed by atoms with Crippen LogP contribution in [0.3, 0.4) is 0 Å². The zero-order valence-corrected chi connectivity index (χ0v) is 15.4. The summed E-state index contributed by atoms with van der Waals surface area (Å²) in [5.74, 6) is 0. The molecule has 140 valence electrons. The third-order valence-corrected chi connectivity index (χ3v) is 4.71. The third kappa shape index (κ3) is 3.98. The Labute approximate surface area is 157 Å². The van der Waals surface area contributed by atoms with E-state index >= 15 is 0 Å². The van der Waals surface area contributed by atoms with Gasteiger partial charge in [-0.3, -0.25) is 19.6 Å². The first-order valence-corrected chi connectivity index (χ1v) is 8.76. The highest BCUT2D eigenvalue weighted by Crippen LogP contribution is 2.12. The van der Waals surface area contributed by atoms with E-state index in [2.05, 4.69) is 5.32 Å². The molecule has 0 spiro atoms. The van der Waals surface area contributed by atoms with E-state index in [0.717, 1.165) is 28.9 Å². The Hall–Kier alpha value is -3.19. The predicted molar refractivity (Wildman–Crippen MR) is 104 cm³/mol. The van der Waals surface area contributed by atoms with Gasteiger partial charge in [-0.25, -0.2) is 4.68 Å². The second kappa shape index (κ2) is 8.01. The summed E-state index contributed by atoms with van der Waals surface area (Å²) in [6.45, 7) is 3.09. The van der Waals surface area contributed by atoms with Gasteiger partial charge in [0, 0.05) is 31.4 Å². The Morgan fingerprint density at radius 2 is 1.74 bits per heavy atom. The first kappa shape index (κ1) is 18.6. The quantitative estimate of drug-likeness (QED) is 0.396. The van der Waals surface area contributed by atoms with E-state index in [1.165, 1.54) is 12.1 Å². The number of nitro groups is 1. The highest BCUT2D eigenvalue weighted by atomic mass is 16.6. The fraction of sp³-hybridized carbons (Fsp3) is 0.250. The fourth-order valence-corrected chi connectivity index (χ4v) is 3.06. The van der Waals surface area contributed by atoms with Crippen molar-refractivity contribution in [2.45, 2.75) is 19.9 Å². The van der Waals surface area contributed by atoms with E-state index in [9.17, 15) is 14.9 Å². The van der Waals surface area contributed by atoms with Crippen molar-refractivity contribution in [3.05, 3.63) is 91.9 Å². The Morgan fingerprint density at radius 1 is 1.07 bits per heavy atom. The van der Waals surface area contributed by atoms with Crippen molar-refractivity contribution < 1.29 is 4.92 Å². The molecule has 27 heavy (non-hydrogen) atoms. The largest absolute Gasteiger partial charge is 0.312 e. The Bertz CT molecular complexity index is 989. The minimum atomic E-state index is -0.405. The molecule has 7 heteroatoms. The normalized spacial score (nSPS) is 10.9. The number of benzene rings is 2. The fourth-order valence-electron chi connectivity index (χ4n) is 3.06. The SMILES string of the molecule is Cc1c(CNCCc2ccc([N+](=O)[O-])cc2)c(=O)n(-c2ccccc2)n1C. The molecular weight excluding hydrogens is 344 g/mol. The van der Waals surface area contributed by atoms with E-state index in [0.29, 0.717) is 13.1 Å². The van der Waals surface area contributed by atoms with E-state index in [-0.39, 0.29) is 11.2 Å². The van der Waals surface area contributed by atoms with Crippen molar-refractivity contribution in [2.24, 2.45) is 7.05 Å². The molecule has 3 aromatic rings. The van der Waals surface area contributed by atoms with Crippen LogP contribution in [0.25, 0.3) is 5.69 Å². The van der Waals surface area contributed by atoms with Crippen molar-refractivity contribution in [1.29, 1.82) is 0 Å². The van der Waals surface area contributed by atoms with Crippen LogP contribution in [-0.2, 0) is 20.0 Å². The summed E-state index contributed by atoms with van der Waals surface area (Å²) in [6.07, 6.45) is 0.733. The van der Waals surface area contributed by atoms with Crippen LogP contribution >= 0.6 is 0 Å². The van der Waals surface area contributed by atoms with Crippen molar-refractivity contribution in [2.75, 3.05) is 6.54 Å². The molecule has 0 unspecified atom stereocenters. The summed E-state index contributed by atoms with van der Waals surface area (Å²) in [6, 6.07) is 16.1. The van der Waals surface area contributed by atoms with Gasteiger partial charge < -0.3 is 5.32 Å². The monoisotopic (exact) mass is 366 g/mol. The van der Waals surface area contributed by atoms with Gasteiger partial charge in [0.15, 0.2) is 0 Å². The van der Waals surface area contributed by atoms with Crippen LogP contribution in [0.4, 0.5) is 5.69 Å². The van der Waals surface area contributed by atoms with Gasteiger partial charge in [-0.15, -0.1) is 0 Å².